The fraction of sp³-hybridized carbons (Fsp3) is 0.200. The van der Waals surface area contributed by atoms with Crippen LogP contribution in [0.5, 0.6) is 0 Å². The second-order valence-corrected chi connectivity index (χ2v) is 3.90. The van der Waals surface area contributed by atoms with Crippen molar-refractivity contribution in [2.24, 2.45) is 0 Å². The molecule has 2 rings (SSSR count). The summed E-state index contributed by atoms with van der Waals surface area (Å²) < 4.78 is 6.26. The van der Waals surface area contributed by atoms with E-state index in [1.54, 1.807) is 6.26 Å². The van der Waals surface area contributed by atoms with Gasteiger partial charge in [-0.05, 0) is 28.9 Å². The highest BCUT2D eigenvalue weighted by atomic mass is 79.9. The van der Waals surface area contributed by atoms with Crippen LogP contribution < -0.4 is 5.32 Å². The highest BCUT2D eigenvalue weighted by Gasteiger charge is 2.13. The first kappa shape index (κ1) is 10.2. The lowest BCUT2D eigenvalue weighted by atomic mass is 10.2. The minimum absolute atomic E-state index is 0.728. The van der Waals surface area contributed by atoms with Crippen molar-refractivity contribution in [3.8, 4) is 11.5 Å². The minimum atomic E-state index is 0.728. The Balaban J connectivity index is 2.59. The lowest BCUT2D eigenvalue weighted by Gasteiger charge is -2.06. The van der Waals surface area contributed by atoms with Crippen LogP contribution in [-0.4, -0.2) is 17.0 Å². The van der Waals surface area contributed by atoms with Crippen molar-refractivity contribution >= 4 is 21.7 Å². The zero-order chi connectivity index (χ0) is 10.8. The second kappa shape index (κ2) is 4.02. The van der Waals surface area contributed by atoms with Gasteiger partial charge in [0, 0.05) is 12.6 Å². The molecule has 0 radical (unpaired) electrons. The van der Waals surface area contributed by atoms with E-state index in [0.717, 1.165) is 27.3 Å². The molecule has 2 aromatic heterocycles. The van der Waals surface area contributed by atoms with Crippen molar-refractivity contribution in [2.75, 3.05) is 12.4 Å². The van der Waals surface area contributed by atoms with Crippen molar-refractivity contribution < 1.29 is 4.42 Å². The highest BCUT2D eigenvalue weighted by molar-refractivity contribution is 9.10. The van der Waals surface area contributed by atoms with E-state index < -0.39 is 0 Å². The van der Waals surface area contributed by atoms with Crippen LogP contribution in [0.4, 0.5) is 5.82 Å². The summed E-state index contributed by atoms with van der Waals surface area (Å²) in [4.78, 5) is 8.33. The molecule has 2 heterocycles. The van der Waals surface area contributed by atoms with Crippen LogP contribution in [0.1, 0.15) is 5.56 Å². The van der Waals surface area contributed by atoms with Crippen LogP contribution >= 0.6 is 15.9 Å². The van der Waals surface area contributed by atoms with Crippen LogP contribution in [-0.2, 0) is 0 Å². The van der Waals surface area contributed by atoms with E-state index in [0.29, 0.717) is 0 Å². The van der Waals surface area contributed by atoms with Gasteiger partial charge in [0.2, 0.25) is 0 Å². The maximum absolute atomic E-state index is 5.37. The molecule has 0 aliphatic carbocycles. The molecule has 0 saturated heterocycles. The first-order valence-electron chi connectivity index (χ1n) is 4.46. The summed E-state index contributed by atoms with van der Waals surface area (Å²) in [6.07, 6.45) is 3.14. The molecule has 5 heteroatoms. The third kappa shape index (κ3) is 1.74. The predicted molar refractivity (Wildman–Crippen MR) is 61.7 cm³/mol. The Bertz CT molecular complexity index is 481. The van der Waals surface area contributed by atoms with Crippen molar-refractivity contribution in [1.29, 1.82) is 0 Å². The van der Waals surface area contributed by atoms with Gasteiger partial charge in [0.05, 0.1) is 10.7 Å². The number of aromatic nitrogens is 2. The maximum Gasteiger partial charge on any atom is 0.166 e. The van der Waals surface area contributed by atoms with Crippen LogP contribution in [0, 0.1) is 6.92 Å². The third-order valence-electron chi connectivity index (χ3n) is 2.15. The number of rotatable bonds is 2. The molecular weight excluding hydrogens is 258 g/mol. The summed E-state index contributed by atoms with van der Waals surface area (Å²) in [5.41, 5.74) is 1.77. The van der Waals surface area contributed by atoms with Crippen molar-refractivity contribution in [2.45, 2.75) is 6.92 Å². The maximum atomic E-state index is 5.37. The molecule has 0 amide bonds. The monoisotopic (exact) mass is 267 g/mol. The van der Waals surface area contributed by atoms with Gasteiger partial charge in [-0.25, -0.2) is 9.97 Å². The van der Waals surface area contributed by atoms with Gasteiger partial charge in [0.15, 0.2) is 5.76 Å². The van der Waals surface area contributed by atoms with Crippen LogP contribution in [0.3, 0.4) is 0 Å². The topological polar surface area (TPSA) is 51.0 Å². The lowest BCUT2D eigenvalue weighted by molar-refractivity contribution is 0.578. The Kier molecular flexibility index (Phi) is 2.73. The Morgan fingerprint density at radius 1 is 1.40 bits per heavy atom. The SMILES string of the molecule is CNc1ncnc(-c2occc2Br)c1C. The summed E-state index contributed by atoms with van der Waals surface area (Å²) in [6, 6.07) is 1.84. The molecular formula is C10H10BrN3O. The molecule has 78 valence electrons. The fourth-order valence-corrected chi connectivity index (χ4v) is 1.78. The Labute approximate surface area is 95.9 Å². The van der Waals surface area contributed by atoms with Crippen molar-refractivity contribution in [3.63, 3.8) is 0 Å². The van der Waals surface area contributed by atoms with E-state index in [2.05, 4.69) is 31.2 Å². The largest absolute Gasteiger partial charge is 0.461 e. The number of furan rings is 1. The fourth-order valence-electron chi connectivity index (χ4n) is 1.39. The average molecular weight is 268 g/mol. The van der Waals surface area contributed by atoms with E-state index >= 15 is 0 Å². The van der Waals surface area contributed by atoms with Gasteiger partial charge in [-0.1, -0.05) is 0 Å². The summed E-state index contributed by atoms with van der Waals surface area (Å²) in [5.74, 6) is 1.54. The van der Waals surface area contributed by atoms with Gasteiger partial charge in [-0.2, -0.15) is 0 Å². The molecule has 4 nitrogen and oxygen atoms in total. The average Bonchev–Trinajstić information content (AvgIpc) is 2.65. The van der Waals surface area contributed by atoms with E-state index in [9.17, 15) is 0 Å². The molecule has 0 bridgehead atoms. The molecule has 0 aliphatic heterocycles. The molecule has 0 spiro atoms. The number of hydrogen-bond donors (Lipinski definition) is 1. The molecule has 1 N–H and O–H groups in total. The zero-order valence-corrected chi connectivity index (χ0v) is 10.00. The van der Waals surface area contributed by atoms with E-state index in [-0.39, 0.29) is 0 Å². The number of anilines is 1. The standard InChI is InChI=1S/C10H10BrN3O/c1-6-8(9-7(11)3-4-15-9)13-5-14-10(6)12-2/h3-5H,1-2H3,(H,12,13,14). The Morgan fingerprint density at radius 2 is 2.20 bits per heavy atom. The lowest BCUT2D eigenvalue weighted by Crippen LogP contribution is -1.99. The van der Waals surface area contributed by atoms with Gasteiger partial charge < -0.3 is 9.73 Å². The zero-order valence-electron chi connectivity index (χ0n) is 8.41. The van der Waals surface area contributed by atoms with Gasteiger partial charge >= 0.3 is 0 Å². The smallest absolute Gasteiger partial charge is 0.166 e. The van der Waals surface area contributed by atoms with Crippen molar-refractivity contribution in [3.05, 3.63) is 28.7 Å². The van der Waals surface area contributed by atoms with E-state index in [1.165, 1.54) is 6.33 Å². The van der Waals surface area contributed by atoms with Crippen LogP contribution in [0.25, 0.3) is 11.5 Å². The molecule has 2 aromatic rings. The van der Waals surface area contributed by atoms with Gasteiger partial charge in [0.25, 0.3) is 0 Å². The number of hydrogen-bond acceptors (Lipinski definition) is 4. The molecule has 0 aromatic carbocycles. The summed E-state index contributed by atoms with van der Waals surface area (Å²) in [5, 5.41) is 3.01. The van der Waals surface area contributed by atoms with E-state index in [4.69, 9.17) is 4.42 Å². The molecule has 15 heavy (non-hydrogen) atoms. The first-order chi connectivity index (χ1) is 7.24. The van der Waals surface area contributed by atoms with E-state index in [1.807, 2.05) is 20.0 Å². The minimum Gasteiger partial charge on any atom is -0.461 e. The van der Waals surface area contributed by atoms with Crippen molar-refractivity contribution in [1.82, 2.24) is 9.97 Å². The number of halogens is 1. The van der Waals surface area contributed by atoms with Gasteiger partial charge in [0.1, 0.15) is 17.8 Å². The second-order valence-electron chi connectivity index (χ2n) is 3.04. The first-order valence-corrected chi connectivity index (χ1v) is 5.26. The Hall–Kier alpha value is -1.36. The van der Waals surface area contributed by atoms with Gasteiger partial charge in [-0.15, -0.1) is 0 Å². The highest BCUT2D eigenvalue weighted by Crippen LogP contribution is 2.31. The molecule has 0 fully saturated rings. The normalized spacial score (nSPS) is 10.3. The molecule has 0 saturated carbocycles. The van der Waals surface area contributed by atoms with Gasteiger partial charge in [-0.3, -0.25) is 0 Å². The quantitative estimate of drug-likeness (QED) is 0.909. The Morgan fingerprint density at radius 3 is 2.80 bits per heavy atom. The summed E-state index contributed by atoms with van der Waals surface area (Å²) >= 11 is 3.41. The summed E-state index contributed by atoms with van der Waals surface area (Å²) in [7, 11) is 1.83. The van der Waals surface area contributed by atoms with Crippen LogP contribution in [0.2, 0.25) is 0 Å². The number of nitrogens with one attached hydrogen (secondary N) is 1. The molecule has 0 atom stereocenters. The van der Waals surface area contributed by atoms with Crippen LogP contribution in [0.15, 0.2) is 27.5 Å². The summed E-state index contributed by atoms with van der Waals surface area (Å²) in [6.45, 7) is 1.95. The molecule has 0 unspecified atom stereocenters. The molecule has 0 aliphatic rings. The number of nitrogens with zero attached hydrogens (tertiary/aromatic N) is 2. The predicted octanol–water partition coefficient (Wildman–Crippen LogP) is 2.85. The third-order valence-corrected chi connectivity index (χ3v) is 2.78.